The molecule has 1 aromatic carbocycles. The number of nitrogens with zero attached hydrogens (tertiary/aromatic N) is 4. The maximum atomic E-state index is 12.7. The van der Waals surface area contributed by atoms with Gasteiger partial charge in [-0.3, -0.25) is 9.69 Å². The van der Waals surface area contributed by atoms with Gasteiger partial charge in [-0.05, 0) is 62.4 Å². The van der Waals surface area contributed by atoms with Gasteiger partial charge in [0.05, 0.1) is 6.33 Å². The molecule has 0 bridgehead atoms. The first kappa shape index (κ1) is 24.2. The van der Waals surface area contributed by atoms with E-state index >= 15 is 0 Å². The molecule has 0 saturated carbocycles. The number of halogens is 1. The summed E-state index contributed by atoms with van der Waals surface area (Å²) in [5, 5.41) is 3.78. The second-order valence-electron chi connectivity index (χ2n) is 9.00. The van der Waals surface area contributed by atoms with Gasteiger partial charge < -0.3 is 9.88 Å². The lowest BCUT2D eigenvalue weighted by atomic mass is 9.96. The van der Waals surface area contributed by atoms with Crippen LogP contribution >= 0.6 is 11.6 Å². The Morgan fingerprint density at radius 3 is 2.61 bits per heavy atom. The molecule has 0 unspecified atom stereocenters. The molecule has 2 aliphatic heterocycles. The van der Waals surface area contributed by atoms with Crippen molar-refractivity contribution in [3.05, 3.63) is 47.4 Å². The SMILES string of the molecule is O=C(Cn1cnc(S(=O)(=O)N2CCCCC2)c1)NCC1CCN(Cc2cccc(Cl)c2)CC1. The van der Waals surface area contributed by atoms with Gasteiger partial charge in [0.25, 0.3) is 10.0 Å². The van der Waals surface area contributed by atoms with Gasteiger partial charge in [-0.25, -0.2) is 13.4 Å². The Hall–Kier alpha value is -1.94. The summed E-state index contributed by atoms with van der Waals surface area (Å²) in [4.78, 5) is 18.9. The Morgan fingerprint density at radius 1 is 1.12 bits per heavy atom. The highest BCUT2D eigenvalue weighted by atomic mass is 35.5. The normalized spacial score (nSPS) is 18.9. The zero-order chi connectivity index (χ0) is 23.3. The summed E-state index contributed by atoms with van der Waals surface area (Å²) >= 11 is 6.08. The first-order valence-electron chi connectivity index (χ1n) is 11.7. The average molecular weight is 494 g/mol. The van der Waals surface area contributed by atoms with E-state index in [9.17, 15) is 13.2 Å². The van der Waals surface area contributed by atoms with Gasteiger partial charge in [0.15, 0.2) is 5.03 Å². The summed E-state index contributed by atoms with van der Waals surface area (Å²) in [6.07, 6.45) is 7.75. The standard InChI is InChI=1S/C23H32ClN5O3S/c24-21-6-4-5-20(13-21)15-27-11-7-19(8-12-27)14-25-22(30)16-28-17-23(26-18-28)33(31,32)29-9-2-1-3-10-29/h4-6,13,17-19H,1-3,7-12,14-16H2,(H,25,30). The van der Waals surface area contributed by atoms with E-state index in [1.807, 2.05) is 18.2 Å². The van der Waals surface area contributed by atoms with Crippen LogP contribution in [-0.2, 0) is 27.9 Å². The molecule has 1 aromatic heterocycles. The summed E-state index contributed by atoms with van der Waals surface area (Å²) in [7, 11) is -3.58. The molecular formula is C23H32ClN5O3S. The third-order valence-electron chi connectivity index (χ3n) is 6.45. The zero-order valence-corrected chi connectivity index (χ0v) is 20.4. The fourth-order valence-corrected chi connectivity index (χ4v) is 6.18. The second kappa shape index (κ2) is 11.0. The molecule has 2 aromatic rings. The number of aromatic nitrogens is 2. The molecule has 0 radical (unpaired) electrons. The van der Waals surface area contributed by atoms with E-state index in [0.29, 0.717) is 25.6 Å². The number of piperidine rings is 2. The summed E-state index contributed by atoms with van der Waals surface area (Å²) in [6, 6.07) is 7.97. The van der Waals surface area contributed by atoms with E-state index in [4.69, 9.17) is 11.6 Å². The van der Waals surface area contributed by atoms with Crippen molar-refractivity contribution in [2.45, 2.75) is 50.2 Å². The van der Waals surface area contributed by atoms with Crippen molar-refractivity contribution in [2.75, 3.05) is 32.7 Å². The number of carbonyl (C=O) groups is 1. The van der Waals surface area contributed by atoms with Crippen LogP contribution in [0.25, 0.3) is 0 Å². The lowest BCUT2D eigenvalue weighted by Crippen LogP contribution is -2.39. The maximum Gasteiger partial charge on any atom is 0.262 e. The molecule has 3 heterocycles. The van der Waals surface area contributed by atoms with Gasteiger partial charge in [0, 0.05) is 37.4 Å². The van der Waals surface area contributed by atoms with E-state index in [-0.39, 0.29) is 17.5 Å². The van der Waals surface area contributed by atoms with Crippen molar-refractivity contribution >= 4 is 27.5 Å². The van der Waals surface area contributed by atoms with Crippen LogP contribution in [-0.4, -0.2) is 65.8 Å². The number of benzene rings is 1. The van der Waals surface area contributed by atoms with Gasteiger partial charge in [-0.15, -0.1) is 0 Å². The number of nitrogens with one attached hydrogen (secondary N) is 1. The number of imidazole rings is 1. The van der Waals surface area contributed by atoms with Crippen LogP contribution in [0.1, 0.15) is 37.7 Å². The lowest BCUT2D eigenvalue weighted by Gasteiger charge is -2.32. The smallest absolute Gasteiger partial charge is 0.262 e. The molecule has 33 heavy (non-hydrogen) atoms. The predicted octanol–water partition coefficient (Wildman–Crippen LogP) is 2.74. The van der Waals surface area contributed by atoms with Crippen LogP contribution in [0.3, 0.4) is 0 Å². The monoisotopic (exact) mass is 493 g/mol. The number of likely N-dealkylation sites (tertiary alicyclic amines) is 1. The minimum Gasteiger partial charge on any atom is -0.354 e. The average Bonchev–Trinajstić information content (AvgIpc) is 3.28. The van der Waals surface area contributed by atoms with E-state index in [1.165, 1.54) is 22.4 Å². The van der Waals surface area contributed by atoms with Gasteiger partial charge in [0.2, 0.25) is 5.91 Å². The van der Waals surface area contributed by atoms with Crippen molar-refractivity contribution in [2.24, 2.45) is 5.92 Å². The molecule has 2 fully saturated rings. The Labute approximate surface area is 201 Å². The number of hydrogen-bond donors (Lipinski definition) is 1. The fraction of sp³-hybridized carbons (Fsp3) is 0.565. The van der Waals surface area contributed by atoms with Crippen molar-refractivity contribution in [1.82, 2.24) is 24.1 Å². The first-order valence-corrected chi connectivity index (χ1v) is 13.5. The van der Waals surface area contributed by atoms with Crippen molar-refractivity contribution in [3.8, 4) is 0 Å². The number of hydrogen-bond acceptors (Lipinski definition) is 5. The van der Waals surface area contributed by atoms with Gasteiger partial charge in [-0.2, -0.15) is 4.31 Å². The molecule has 1 N–H and O–H groups in total. The third kappa shape index (κ3) is 6.56. The molecule has 10 heteroatoms. The molecule has 2 saturated heterocycles. The molecular weight excluding hydrogens is 462 g/mol. The van der Waals surface area contributed by atoms with E-state index in [2.05, 4.69) is 21.3 Å². The molecule has 0 aliphatic carbocycles. The maximum absolute atomic E-state index is 12.7. The second-order valence-corrected chi connectivity index (χ2v) is 11.3. The van der Waals surface area contributed by atoms with Crippen LogP contribution in [0, 0.1) is 5.92 Å². The largest absolute Gasteiger partial charge is 0.354 e. The fourth-order valence-electron chi connectivity index (χ4n) is 4.52. The van der Waals surface area contributed by atoms with Gasteiger partial charge >= 0.3 is 0 Å². The lowest BCUT2D eigenvalue weighted by molar-refractivity contribution is -0.121. The van der Waals surface area contributed by atoms with Crippen LogP contribution in [0.4, 0.5) is 0 Å². The Bertz CT molecular complexity index is 1040. The summed E-state index contributed by atoms with van der Waals surface area (Å²) < 4.78 is 28.5. The number of carbonyl (C=O) groups excluding carboxylic acids is 1. The quantitative estimate of drug-likeness (QED) is 0.611. The topological polar surface area (TPSA) is 87.5 Å². The summed E-state index contributed by atoms with van der Waals surface area (Å²) in [6.45, 7) is 4.65. The van der Waals surface area contributed by atoms with Gasteiger partial charge in [0.1, 0.15) is 6.54 Å². The van der Waals surface area contributed by atoms with Crippen molar-refractivity contribution in [1.29, 1.82) is 0 Å². The number of rotatable bonds is 8. The van der Waals surface area contributed by atoms with Crippen LogP contribution in [0.2, 0.25) is 5.02 Å². The molecule has 0 atom stereocenters. The first-order chi connectivity index (χ1) is 15.9. The molecule has 0 spiro atoms. The van der Waals surface area contributed by atoms with E-state index in [1.54, 1.807) is 4.57 Å². The molecule has 8 nitrogen and oxygen atoms in total. The van der Waals surface area contributed by atoms with Crippen LogP contribution in [0.5, 0.6) is 0 Å². The highest BCUT2D eigenvalue weighted by molar-refractivity contribution is 7.89. The highest BCUT2D eigenvalue weighted by Gasteiger charge is 2.28. The van der Waals surface area contributed by atoms with Crippen molar-refractivity contribution < 1.29 is 13.2 Å². The van der Waals surface area contributed by atoms with Crippen LogP contribution in [0.15, 0.2) is 41.8 Å². The molecule has 1 amide bonds. The molecule has 2 aliphatic rings. The van der Waals surface area contributed by atoms with Gasteiger partial charge in [-0.1, -0.05) is 30.2 Å². The van der Waals surface area contributed by atoms with Crippen LogP contribution < -0.4 is 5.32 Å². The summed E-state index contributed by atoms with van der Waals surface area (Å²) in [5.74, 6) is 0.318. The molecule has 180 valence electrons. The zero-order valence-electron chi connectivity index (χ0n) is 18.8. The minimum absolute atomic E-state index is 0.0178. The highest BCUT2D eigenvalue weighted by Crippen LogP contribution is 2.21. The molecule has 4 rings (SSSR count). The van der Waals surface area contributed by atoms with E-state index < -0.39 is 10.0 Å². The predicted molar refractivity (Wildman–Crippen MR) is 127 cm³/mol. The van der Waals surface area contributed by atoms with Crippen molar-refractivity contribution in [3.63, 3.8) is 0 Å². The number of amides is 1. The third-order valence-corrected chi connectivity index (χ3v) is 8.46. The summed E-state index contributed by atoms with van der Waals surface area (Å²) in [5.41, 5.74) is 1.22. The number of sulfonamides is 1. The van der Waals surface area contributed by atoms with E-state index in [0.717, 1.165) is 56.8 Å². The Morgan fingerprint density at radius 2 is 1.88 bits per heavy atom. The Kier molecular flexibility index (Phi) is 8.06. The minimum atomic E-state index is -3.58. The Balaban J connectivity index is 1.20.